The Morgan fingerprint density at radius 3 is 2.28 bits per heavy atom. The van der Waals surface area contributed by atoms with E-state index in [-0.39, 0.29) is 18.9 Å². The molecule has 25 heavy (non-hydrogen) atoms. The van der Waals surface area contributed by atoms with Crippen LogP contribution in [0.15, 0.2) is 0 Å². The summed E-state index contributed by atoms with van der Waals surface area (Å²) in [5, 5.41) is 9.66. The summed E-state index contributed by atoms with van der Waals surface area (Å²) in [6.45, 7) is 0.745. The third kappa shape index (κ3) is 7.01. The van der Waals surface area contributed by atoms with Gasteiger partial charge >= 0.3 is 15.6 Å². The molecule has 144 valence electrons. The van der Waals surface area contributed by atoms with E-state index in [1.54, 1.807) is 6.92 Å². The van der Waals surface area contributed by atoms with Crippen molar-refractivity contribution in [2.45, 2.75) is 56.3 Å². The van der Waals surface area contributed by atoms with Gasteiger partial charge in [0, 0.05) is 12.4 Å². The molecule has 3 unspecified atom stereocenters. The van der Waals surface area contributed by atoms with Crippen molar-refractivity contribution in [2.24, 2.45) is 0 Å². The van der Waals surface area contributed by atoms with Gasteiger partial charge < -0.3 is 29.3 Å². The zero-order valence-electron chi connectivity index (χ0n) is 13.4. The largest absolute Gasteiger partial charge is 0.472 e. The average Bonchev–Trinajstić information content (AvgIpc) is 2.95. The van der Waals surface area contributed by atoms with Crippen molar-refractivity contribution in [1.29, 1.82) is 0 Å². The number of hydrogen-bond donors (Lipinski definition) is 4. The minimum atomic E-state index is -4.71. The SMILES string of the molecule is [B][C@H]1CC(O)[C@@H](COP(=O)(O)OC2C[C@H](C)O[C@@H]2COP(=O)(O)O)O1. The fraction of sp³-hybridized carbons (Fsp3) is 1.00. The summed E-state index contributed by atoms with van der Waals surface area (Å²) in [4.78, 5) is 27.3. The highest BCUT2D eigenvalue weighted by molar-refractivity contribution is 7.47. The Kier molecular flexibility index (Phi) is 7.26. The molecule has 0 saturated carbocycles. The second-order valence-electron chi connectivity index (χ2n) is 5.93. The first-order chi connectivity index (χ1) is 11.5. The van der Waals surface area contributed by atoms with Gasteiger partial charge in [0.05, 0.1) is 25.4 Å². The van der Waals surface area contributed by atoms with E-state index in [1.807, 2.05) is 0 Å². The standard InChI is InChI=1S/C11H21BO11P2/c1-6-2-8(10(21-6)5-19-24(14,15)16)23-25(17,18)20-4-9-7(13)3-11(12)22-9/h6-11,13H,2-5H2,1H3,(H,17,18)(H2,14,15,16)/t6-,7?,8?,9+,10+,11+/m0/s1. The van der Waals surface area contributed by atoms with E-state index in [0.29, 0.717) is 0 Å². The summed E-state index contributed by atoms with van der Waals surface area (Å²) in [7, 11) is -3.75. The van der Waals surface area contributed by atoms with Crippen LogP contribution in [-0.4, -0.2) is 77.4 Å². The molecule has 0 bridgehead atoms. The Morgan fingerprint density at radius 1 is 1.08 bits per heavy atom. The summed E-state index contributed by atoms with van der Waals surface area (Å²) >= 11 is 0. The maximum Gasteiger partial charge on any atom is 0.472 e. The Morgan fingerprint density at radius 2 is 1.72 bits per heavy atom. The third-order valence-corrected chi connectivity index (χ3v) is 5.21. The van der Waals surface area contributed by atoms with Crippen LogP contribution in [0, 0.1) is 0 Å². The minimum Gasteiger partial charge on any atom is -0.390 e. The highest BCUT2D eigenvalue weighted by Crippen LogP contribution is 2.48. The maximum atomic E-state index is 12.1. The number of aliphatic hydroxyl groups is 1. The Balaban J connectivity index is 1.86. The normalized spacial score (nSPS) is 38.8. The molecule has 0 aromatic rings. The van der Waals surface area contributed by atoms with Gasteiger partial charge in [0.15, 0.2) is 0 Å². The summed E-state index contributed by atoms with van der Waals surface area (Å²) in [6, 6.07) is -0.680. The molecule has 0 aromatic heterocycles. The molecule has 0 spiro atoms. The van der Waals surface area contributed by atoms with Crippen LogP contribution in [-0.2, 0) is 32.2 Å². The average molecular weight is 402 g/mol. The van der Waals surface area contributed by atoms with Crippen LogP contribution in [0.2, 0.25) is 0 Å². The van der Waals surface area contributed by atoms with E-state index in [2.05, 4.69) is 4.52 Å². The minimum absolute atomic E-state index is 0.181. The van der Waals surface area contributed by atoms with Crippen LogP contribution in [0.1, 0.15) is 19.8 Å². The highest BCUT2D eigenvalue weighted by Gasteiger charge is 2.41. The third-order valence-electron chi connectivity index (χ3n) is 3.72. The summed E-state index contributed by atoms with van der Waals surface area (Å²) in [5.74, 6) is 0. The molecule has 11 nitrogen and oxygen atoms in total. The molecule has 14 heteroatoms. The zero-order chi connectivity index (χ0) is 18.8. The van der Waals surface area contributed by atoms with Gasteiger partial charge in [-0.1, -0.05) is 0 Å². The van der Waals surface area contributed by atoms with Crippen molar-refractivity contribution in [2.75, 3.05) is 13.2 Å². The lowest BCUT2D eigenvalue weighted by Gasteiger charge is -2.22. The van der Waals surface area contributed by atoms with Crippen molar-refractivity contribution < 1.29 is 52.0 Å². The Labute approximate surface area is 145 Å². The van der Waals surface area contributed by atoms with Gasteiger partial charge in [-0.15, -0.1) is 0 Å². The Bertz CT molecular complexity index is 542. The fourth-order valence-electron chi connectivity index (χ4n) is 2.63. The van der Waals surface area contributed by atoms with Crippen molar-refractivity contribution in [3.63, 3.8) is 0 Å². The van der Waals surface area contributed by atoms with Gasteiger partial charge in [-0.2, -0.15) is 0 Å². The lowest BCUT2D eigenvalue weighted by molar-refractivity contribution is -0.0298. The second-order valence-corrected chi connectivity index (χ2v) is 8.58. The lowest BCUT2D eigenvalue weighted by Crippen LogP contribution is -2.30. The van der Waals surface area contributed by atoms with Gasteiger partial charge in [0.25, 0.3) is 0 Å². The zero-order valence-corrected chi connectivity index (χ0v) is 15.2. The highest BCUT2D eigenvalue weighted by atomic mass is 31.2. The van der Waals surface area contributed by atoms with Gasteiger partial charge in [-0.05, 0) is 13.3 Å². The molecule has 7 atom stereocenters. The molecular formula is C11H21BO11P2. The fourth-order valence-corrected chi connectivity index (χ4v) is 3.93. The Hall–Kier alpha value is 0.165. The molecule has 2 radical (unpaired) electrons. The monoisotopic (exact) mass is 402 g/mol. The van der Waals surface area contributed by atoms with E-state index in [4.69, 9.17) is 36.2 Å². The van der Waals surface area contributed by atoms with E-state index in [1.165, 1.54) is 0 Å². The topological polar surface area (TPSA) is 161 Å². The molecule has 2 aliphatic heterocycles. The van der Waals surface area contributed by atoms with Gasteiger partial charge in [-0.25, -0.2) is 9.13 Å². The van der Waals surface area contributed by atoms with E-state index in [9.17, 15) is 19.1 Å². The van der Waals surface area contributed by atoms with Crippen molar-refractivity contribution >= 4 is 23.5 Å². The van der Waals surface area contributed by atoms with Crippen LogP contribution in [0.3, 0.4) is 0 Å². The van der Waals surface area contributed by atoms with E-state index in [0.717, 1.165) is 0 Å². The molecule has 2 rings (SSSR count). The number of hydrogen-bond acceptors (Lipinski definition) is 8. The molecule has 0 aromatic carbocycles. The van der Waals surface area contributed by atoms with Crippen molar-refractivity contribution in [3.05, 3.63) is 0 Å². The van der Waals surface area contributed by atoms with Crippen LogP contribution in [0.4, 0.5) is 0 Å². The van der Waals surface area contributed by atoms with Crippen LogP contribution in [0.25, 0.3) is 0 Å². The number of phosphoric ester groups is 2. The molecule has 2 aliphatic rings. The first-order valence-electron chi connectivity index (χ1n) is 7.55. The van der Waals surface area contributed by atoms with E-state index >= 15 is 0 Å². The smallest absolute Gasteiger partial charge is 0.390 e. The molecule has 2 saturated heterocycles. The maximum absolute atomic E-state index is 12.1. The van der Waals surface area contributed by atoms with Gasteiger partial charge in [-0.3, -0.25) is 13.6 Å². The van der Waals surface area contributed by atoms with Crippen LogP contribution in [0.5, 0.6) is 0 Å². The number of rotatable bonds is 8. The van der Waals surface area contributed by atoms with Crippen LogP contribution >= 0.6 is 15.6 Å². The van der Waals surface area contributed by atoms with Crippen molar-refractivity contribution in [1.82, 2.24) is 0 Å². The summed E-state index contributed by atoms with van der Waals surface area (Å²) in [6.07, 6.45) is -3.67. The molecule has 4 N–H and O–H groups in total. The molecular weight excluding hydrogens is 381 g/mol. The molecule has 0 amide bonds. The van der Waals surface area contributed by atoms with Crippen LogP contribution < -0.4 is 0 Å². The van der Waals surface area contributed by atoms with Crippen molar-refractivity contribution in [3.8, 4) is 0 Å². The predicted octanol–water partition coefficient (Wildman–Crippen LogP) is -0.580. The number of aliphatic hydroxyl groups excluding tert-OH is 1. The quantitative estimate of drug-likeness (QED) is 0.304. The number of ether oxygens (including phenoxy) is 2. The molecule has 0 aliphatic carbocycles. The second kappa shape index (κ2) is 8.45. The van der Waals surface area contributed by atoms with Gasteiger partial charge in [0.1, 0.15) is 26.2 Å². The van der Waals surface area contributed by atoms with E-state index < -0.39 is 59.3 Å². The lowest BCUT2D eigenvalue weighted by atomic mass is 9.96. The number of phosphoric acid groups is 2. The summed E-state index contributed by atoms with van der Waals surface area (Å²) < 4.78 is 47.5. The first-order valence-corrected chi connectivity index (χ1v) is 10.6. The van der Waals surface area contributed by atoms with Gasteiger partial charge in [0.2, 0.25) is 0 Å². The molecule has 2 heterocycles. The first kappa shape index (κ1) is 21.5. The summed E-state index contributed by atoms with van der Waals surface area (Å²) in [5.41, 5.74) is 0. The predicted molar refractivity (Wildman–Crippen MR) is 82.6 cm³/mol. The molecule has 2 fully saturated rings.